The average molecular weight is 233 g/mol. The predicted molar refractivity (Wildman–Crippen MR) is 65.9 cm³/mol. The van der Waals surface area contributed by atoms with Gasteiger partial charge in [-0.05, 0) is 0 Å². The Labute approximate surface area is 99.4 Å². The van der Waals surface area contributed by atoms with E-state index in [0.29, 0.717) is 19.0 Å². The van der Waals surface area contributed by atoms with E-state index in [1.807, 2.05) is 24.3 Å². The summed E-state index contributed by atoms with van der Waals surface area (Å²) in [6.45, 7) is 0.682. The summed E-state index contributed by atoms with van der Waals surface area (Å²) in [5.74, 6) is 0.679. The maximum Gasteiger partial charge on any atom is 0.156 e. The molecule has 0 bridgehead atoms. The maximum atomic E-state index is 9.55. The highest BCUT2D eigenvalue weighted by Crippen LogP contribution is 2.18. The van der Waals surface area contributed by atoms with Crippen molar-refractivity contribution in [1.29, 1.82) is 0 Å². The van der Waals surface area contributed by atoms with Crippen LogP contribution in [0.2, 0.25) is 0 Å². The number of benzene rings is 1. The highest BCUT2D eigenvalue weighted by Gasteiger charge is 2.06. The van der Waals surface area contributed by atoms with E-state index >= 15 is 0 Å². The third kappa shape index (κ3) is 2.89. The van der Waals surface area contributed by atoms with Gasteiger partial charge in [-0.15, -0.1) is 5.10 Å². The molecular weight excluding hydrogens is 218 g/mol. The molecule has 2 N–H and O–H groups in total. The van der Waals surface area contributed by atoms with E-state index in [-0.39, 0.29) is 0 Å². The molecule has 2 aromatic rings. The number of rotatable bonds is 5. The molecule has 1 heterocycles. The number of aliphatic hydroxyl groups is 1. The number of fused-ring (bicyclic) bond motifs is 1. The van der Waals surface area contributed by atoms with Gasteiger partial charge in [-0.2, -0.15) is 5.10 Å². The van der Waals surface area contributed by atoms with E-state index in [1.54, 1.807) is 13.3 Å². The van der Waals surface area contributed by atoms with E-state index in [0.717, 1.165) is 10.8 Å². The summed E-state index contributed by atoms with van der Waals surface area (Å²) in [7, 11) is 1.56. The van der Waals surface area contributed by atoms with Gasteiger partial charge < -0.3 is 15.2 Å². The van der Waals surface area contributed by atoms with Crippen LogP contribution in [-0.4, -0.2) is 41.7 Å². The maximum absolute atomic E-state index is 9.55. The van der Waals surface area contributed by atoms with Crippen molar-refractivity contribution in [1.82, 2.24) is 10.2 Å². The molecule has 0 saturated carbocycles. The molecule has 1 unspecified atom stereocenters. The fourth-order valence-electron chi connectivity index (χ4n) is 1.62. The SMILES string of the molecule is COCC(O)CNc1nncc2ccccc12. The smallest absolute Gasteiger partial charge is 0.156 e. The Hall–Kier alpha value is -1.72. The van der Waals surface area contributed by atoms with Crippen molar-refractivity contribution in [3.8, 4) is 0 Å². The Kier molecular flexibility index (Phi) is 3.85. The van der Waals surface area contributed by atoms with Gasteiger partial charge in [-0.3, -0.25) is 0 Å². The zero-order valence-corrected chi connectivity index (χ0v) is 9.63. The van der Waals surface area contributed by atoms with Gasteiger partial charge in [-0.25, -0.2) is 0 Å². The minimum Gasteiger partial charge on any atom is -0.389 e. The minimum absolute atomic E-state index is 0.297. The van der Waals surface area contributed by atoms with Gasteiger partial charge >= 0.3 is 0 Å². The van der Waals surface area contributed by atoms with Crippen LogP contribution in [0.5, 0.6) is 0 Å². The van der Waals surface area contributed by atoms with Crippen LogP contribution in [0.15, 0.2) is 30.5 Å². The zero-order chi connectivity index (χ0) is 12.1. The average Bonchev–Trinajstić information content (AvgIpc) is 2.36. The summed E-state index contributed by atoms with van der Waals surface area (Å²) in [5.41, 5.74) is 0. The monoisotopic (exact) mass is 233 g/mol. The van der Waals surface area contributed by atoms with Crippen molar-refractivity contribution >= 4 is 16.6 Å². The number of aromatic nitrogens is 2. The van der Waals surface area contributed by atoms with Gasteiger partial charge in [0.25, 0.3) is 0 Å². The molecule has 0 radical (unpaired) electrons. The minimum atomic E-state index is -0.555. The molecule has 2 rings (SSSR count). The van der Waals surface area contributed by atoms with Crippen molar-refractivity contribution < 1.29 is 9.84 Å². The molecule has 90 valence electrons. The largest absolute Gasteiger partial charge is 0.389 e. The second kappa shape index (κ2) is 5.56. The number of hydrogen-bond acceptors (Lipinski definition) is 5. The van der Waals surface area contributed by atoms with Gasteiger partial charge in [0.05, 0.1) is 18.9 Å². The summed E-state index contributed by atoms with van der Waals surface area (Å²) in [6, 6.07) is 7.84. The molecule has 1 aromatic carbocycles. The van der Waals surface area contributed by atoms with Gasteiger partial charge in [0, 0.05) is 24.4 Å². The van der Waals surface area contributed by atoms with Crippen LogP contribution >= 0.6 is 0 Å². The number of aliphatic hydroxyl groups excluding tert-OH is 1. The summed E-state index contributed by atoms with van der Waals surface area (Å²) in [6.07, 6.45) is 1.16. The molecule has 0 spiro atoms. The van der Waals surface area contributed by atoms with E-state index in [1.165, 1.54) is 0 Å². The van der Waals surface area contributed by atoms with Gasteiger partial charge in [0.2, 0.25) is 0 Å². The second-order valence-corrected chi connectivity index (χ2v) is 3.77. The summed E-state index contributed by atoms with van der Waals surface area (Å²) >= 11 is 0. The number of nitrogens with one attached hydrogen (secondary N) is 1. The molecule has 0 fully saturated rings. The van der Waals surface area contributed by atoms with E-state index in [2.05, 4.69) is 15.5 Å². The Morgan fingerprint density at radius 1 is 1.41 bits per heavy atom. The lowest BCUT2D eigenvalue weighted by molar-refractivity contribution is 0.0727. The lowest BCUT2D eigenvalue weighted by Crippen LogP contribution is -2.24. The molecule has 1 atom stereocenters. The first-order valence-electron chi connectivity index (χ1n) is 5.42. The lowest BCUT2D eigenvalue weighted by atomic mass is 10.2. The summed E-state index contributed by atoms with van der Waals surface area (Å²) in [5, 5.41) is 22.6. The number of methoxy groups -OCH3 is 1. The molecule has 0 amide bonds. The lowest BCUT2D eigenvalue weighted by Gasteiger charge is -2.12. The van der Waals surface area contributed by atoms with Crippen LogP contribution in [-0.2, 0) is 4.74 Å². The first-order valence-corrected chi connectivity index (χ1v) is 5.42. The molecule has 0 aliphatic carbocycles. The van der Waals surface area contributed by atoms with Gasteiger partial charge in [-0.1, -0.05) is 24.3 Å². The third-order valence-electron chi connectivity index (χ3n) is 2.43. The van der Waals surface area contributed by atoms with Crippen LogP contribution in [0.4, 0.5) is 5.82 Å². The van der Waals surface area contributed by atoms with E-state index in [9.17, 15) is 5.11 Å². The van der Waals surface area contributed by atoms with Crippen LogP contribution in [0.3, 0.4) is 0 Å². The summed E-state index contributed by atoms with van der Waals surface area (Å²) < 4.78 is 4.85. The van der Waals surface area contributed by atoms with Crippen molar-refractivity contribution in [3.63, 3.8) is 0 Å². The Bertz CT molecular complexity index is 485. The zero-order valence-electron chi connectivity index (χ0n) is 9.63. The molecule has 17 heavy (non-hydrogen) atoms. The van der Waals surface area contributed by atoms with E-state index in [4.69, 9.17) is 4.74 Å². The highest BCUT2D eigenvalue weighted by molar-refractivity contribution is 5.90. The molecule has 0 aliphatic rings. The van der Waals surface area contributed by atoms with Crippen molar-refractivity contribution in [2.24, 2.45) is 0 Å². The fraction of sp³-hybridized carbons (Fsp3) is 0.333. The summed E-state index contributed by atoms with van der Waals surface area (Å²) in [4.78, 5) is 0. The van der Waals surface area contributed by atoms with Crippen molar-refractivity contribution in [2.45, 2.75) is 6.10 Å². The van der Waals surface area contributed by atoms with Crippen molar-refractivity contribution in [2.75, 3.05) is 25.6 Å². The number of hydrogen-bond donors (Lipinski definition) is 2. The predicted octanol–water partition coefficient (Wildman–Crippen LogP) is 1.05. The number of anilines is 1. The first kappa shape index (κ1) is 11.8. The van der Waals surface area contributed by atoms with E-state index < -0.39 is 6.10 Å². The first-order chi connectivity index (χ1) is 8.31. The normalized spacial score (nSPS) is 12.6. The molecule has 5 heteroatoms. The van der Waals surface area contributed by atoms with Crippen LogP contribution in [0.1, 0.15) is 0 Å². The molecule has 1 aromatic heterocycles. The van der Waals surface area contributed by atoms with Crippen molar-refractivity contribution in [3.05, 3.63) is 30.5 Å². The quantitative estimate of drug-likeness (QED) is 0.808. The highest BCUT2D eigenvalue weighted by atomic mass is 16.5. The molecule has 0 aliphatic heterocycles. The Morgan fingerprint density at radius 3 is 3.06 bits per heavy atom. The topological polar surface area (TPSA) is 67.3 Å². The van der Waals surface area contributed by atoms with Gasteiger partial charge in [0.15, 0.2) is 5.82 Å². The number of ether oxygens (including phenoxy) is 1. The van der Waals surface area contributed by atoms with Crippen LogP contribution < -0.4 is 5.32 Å². The molecule has 5 nitrogen and oxygen atoms in total. The van der Waals surface area contributed by atoms with Crippen LogP contribution in [0, 0.1) is 0 Å². The molecular formula is C12H15N3O2. The number of nitrogens with zero attached hydrogens (tertiary/aromatic N) is 2. The Balaban J connectivity index is 2.13. The Morgan fingerprint density at radius 2 is 2.24 bits per heavy atom. The standard InChI is InChI=1S/C12H15N3O2/c1-17-8-10(16)7-13-12-11-5-3-2-4-9(11)6-14-15-12/h2-6,10,16H,7-8H2,1H3,(H,13,15). The second-order valence-electron chi connectivity index (χ2n) is 3.77. The molecule has 0 saturated heterocycles. The third-order valence-corrected chi connectivity index (χ3v) is 2.43. The fourth-order valence-corrected chi connectivity index (χ4v) is 1.62. The van der Waals surface area contributed by atoms with Crippen LogP contribution in [0.25, 0.3) is 10.8 Å². The van der Waals surface area contributed by atoms with Gasteiger partial charge in [0.1, 0.15) is 0 Å².